The Morgan fingerprint density at radius 2 is 2.14 bits per heavy atom. The third-order valence-electron chi connectivity index (χ3n) is 4.21. The minimum Gasteiger partial charge on any atom is -0.319 e. The predicted octanol–water partition coefficient (Wildman–Crippen LogP) is 1.13. The first-order valence-electron chi connectivity index (χ1n) is 7.60. The van der Waals surface area contributed by atoms with Gasteiger partial charge in [0, 0.05) is 18.8 Å². The van der Waals surface area contributed by atoms with Gasteiger partial charge in [0.15, 0.2) is 0 Å². The monoisotopic (exact) mass is 286 g/mol. The SMILES string of the molecule is CNCC1CCN(Cc2cc(=O)n3ccccc3n2)CC1. The lowest BCUT2D eigenvalue weighted by Crippen LogP contribution is -2.36. The molecule has 0 amide bonds. The van der Waals surface area contributed by atoms with Crippen molar-refractivity contribution in [3.05, 3.63) is 46.5 Å². The van der Waals surface area contributed by atoms with E-state index in [-0.39, 0.29) is 5.56 Å². The number of nitrogens with zero attached hydrogens (tertiary/aromatic N) is 3. The van der Waals surface area contributed by atoms with Crippen molar-refractivity contribution in [3.8, 4) is 0 Å². The van der Waals surface area contributed by atoms with Gasteiger partial charge >= 0.3 is 0 Å². The number of fused-ring (bicyclic) bond motifs is 1. The lowest BCUT2D eigenvalue weighted by atomic mass is 9.97. The Hall–Kier alpha value is -1.72. The average molecular weight is 286 g/mol. The van der Waals surface area contributed by atoms with Crippen LogP contribution in [0.25, 0.3) is 5.65 Å². The summed E-state index contributed by atoms with van der Waals surface area (Å²) >= 11 is 0. The van der Waals surface area contributed by atoms with Crippen LogP contribution in [0.15, 0.2) is 35.3 Å². The summed E-state index contributed by atoms with van der Waals surface area (Å²) in [4.78, 5) is 19.1. The molecule has 2 aromatic heterocycles. The van der Waals surface area contributed by atoms with Crippen LogP contribution in [0.2, 0.25) is 0 Å². The predicted molar refractivity (Wildman–Crippen MR) is 83.4 cm³/mol. The van der Waals surface area contributed by atoms with Gasteiger partial charge in [-0.25, -0.2) is 4.98 Å². The van der Waals surface area contributed by atoms with Crippen molar-refractivity contribution in [2.45, 2.75) is 19.4 Å². The van der Waals surface area contributed by atoms with Crippen molar-refractivity contribution < 1.29 is 0 Å². The van der Waals surface area contributed by atoms with Crippen LogP contribution in [0, 0.1) is 5.92 Å². The molecule has 2 aromatic rings. The van der Waals surface area contributed by atoms with E-state index in [0.29, 0.717) is 0 Å². The molecule has 21 heavy (non-hydrogen) atoms. The fourth-order valence-electron chi connectivity index (χ4n) is 3.05. The molecular formula is C16H22N4O. The lowest BCUT2D eigenvalue weighted by molar-refractivity contribution is 0.175. The Morgan fingerprint density at radius 3 is 2.90 bits per heavy atom. The third kappa shape index (κ3) is 3.31. The third-order valence-corrected chi connectivity index (χ3v) is 4.21. The van der Waals surface area contributed by atoms with E-state index in [0.717, 1.165) is 43.4 Å². The van der Waals surface area contributed by atoms with Crippen LogP contribution < -0.4 is 10.9 Å². The van der Waals surface area contributed by atoms with Gasteiger partial charge in [-0.05, 0) is 57.6 Å². The van der Waals surface area contributed by atoms with Crippen molar-refractivity contribution in [2.24, 2.45) is 5.92 Å². The van der Waals surface area contributed by atoms with Crippen LogP contribution in [-0.2, 0) is 6.54 Å². The number of nitrogens with one attached hydrogen (secondary N) is 1. The topological polar surface area (TPSA) is 49.6 Å². The Balaban J connectivity index is 1.70. The zero-order valence-corrected chi connectivity index (χ0v) is 12.5. The molecule has 1 aliphatic rings. The number of hydrogen-bond acceptors (Lipinski definition) is 4. The minimum absolute atomic E-state index is 0.000619. The van der Waals surface area contributed by atoms with Gasteiger partial charge < -0.3 is 5.32 Å². The number of aromatic nitrogens is 2. The largest absolute Gasteiger partial charge is 0.319 e. The van der Waals surface area contributed by atoms with E-state index < -0.39 is 0 Å². The number of likely N-dealkylation sites (tertiary alicyclic amines) is 1. The lowest BCUT2D eigenvalue weighted by Gasteiger charge is -2.31. The molecule has 112 valence electrons. The second-order valence-corrected chi connectivity index (χ2v) is 5.79. The molecule has 0 atom stereocenters. The standard InChI is InChI=1S/C16H22N4O/c1-17-11-13-5-8-19(9-6-13)12-14-10-16(21)20-7-3-2-4-15(20)18-14/h2-4,7,10,13,17H,5-6,8-9,11-12H2,1H3. The maximum atomic E-state index is 12.1. The summed E-state index contributed by atoms with van der Waals surface area (Å²) in [5, 5.41) is 3.25. The summed E-state index contributed by atoms with van der Waals surface area (Å²) in [6.45, 7) is 4.04. The first kappa shape index (κ1) is 14.2. The fraction of sp³-hybridized carbons (Fsp3) is 0.500. The van der Waals surface area contributed by atoms with Gasteiger partial charge in [0.05, 0.1) is 5.69 Å². The van der Waals surface area contributed by atoms with E-state index in [1.54, 1.807) is 16.7 Å². The van der Waals surface area contributed by atoms with Gasteiger partial charge in [0.2, 0.25) is 0 Å². The van der Waals surface area contributed by atoms with Gasteiger partial charge in [-0.15, -0.1) is 0 Å². The molecule has 5 heteroatoms. The Kier molecular flexibility index (Phi) is 4.31. The summed E-state index contributed by atoms with van der Waals surface area (Å²) < 4.78 is 1.59. The Morgan fingerprint density at radius 1 is 1.33 bits per heavy atom. The smallest absolute Gasteiger partial charge is 0.258 e. The summed E-state index contributed by atoms with van der Waals surface area (Å²) in [6.07, 6.45) is 4.19. The highest BCUT2D eigenvalue weighted by molar-refractivity contribution is 5.37. The molecule has 3 heterocycles. The van der Waals surface area contributed by atoms with Crippen LogP contribution in [0.4, 0.5) is 0 Å². The average Bonchev–Trinajstić information content (AvgIpc) is 2.50. The molecule has 1 N–H and O–H groups in total. The van der Waals surface area contributed by atoms with Gasteiger partial charge in [-0.3, -0.25) is 14.1 Å². The summed E-state index contributed by atoms with van der Waals surface area (Å²) in [5.74, 6) is 0.779. The van der Waals surface area contributed by atoms with Crippen LogP contribution >= 0.6 is 0 Å². The van der Waals surface area contributed by atoms with E-state index in [9.17, 15) is 4.79 Å². The van der Waals surface area contributed by atoms with Crippen molar-refractivity contribution in [1.29, 1.82) is 0 Å². The van der Waals surface area contributed by atoms with E-state index in [1.807, 2.05) is 25.2 Å². The molecule has 5 nitrogen and oxygen atoms in total. The minimum atomic E-state index is 0.000619. The van der Waals surface area contributed by atoms with Crippen molar-refractivity contribution in [2.75, 3.05) is 26.7 Å². The first-order chi connectivity index (χ1) is 10.3. The number of rotatable bonds is 4. The first-order valence-corrected chi connectivity index (χ1v) is 7.60. The summed E-state index contributed by atoms with van der Waals surface area (Å²) in [5.41, 5.74) is 1.60. The van der Waals surface area contributed by atoms with Crippen LogP contribution in [-0.4, -0.2) is 41.0 Å². The Bertz CT molecular complexity index is 659. The maximum Gasteiger partial charge on any atom is 0.258 e. The van der Waals surface area contributed by atoms with Gasteiger partial charge in [-0.2, -0.15) is 0 Å². The van der Waals surface area contributed by atoms with Crippen molar-refractivity contribution in [1.82, 2.24) is 19.6 Å². The molecule has 3 rings (SSSR count). The van der Waals surface area contributed by atoms with Gasteiger partial charge in [-0.1, -0.05) is 6.07 Å². The summed E-state index contributed by atoms with van der Waals surface area (Å²) in [6, 6.07) is 7.30. The highest BCUT2D eigenvalue weighted by atomic mass is 16.1. The molecule has 0 aromatic carbocycles. The van der Waals surface area contributed by atoms with E-state index in [4.69, 9.17) is 0 Å². The molecule has 0 radical (unpaired) electrons. The van der Waals surface area contributed by atoms with E-state index in [1.165, 1.54) is 12.8 Å². The molecule has 1 aliphatic heterocycles. The fourth-order valence-corrected chi connectivity index (χ4v) is 3.05. The number of hydrogen-bond donors (Lipinski definition) is 1. The van der Waals surface area contributed by atoms with Crippen molar-refractivity contribution >= 4 is 5.65 Å². The van der Waals surface area contributed by atoms with Crippen LogP contribution in [0.3, 0.4) is 0 Å². The van der Waals surface area contributed by atoms with Crippen LogP contribution in [0.1, 0.15) is 18.5 Å². The number of piperidine rings is 1. The van der Waals surface area contributed by atoms with E-state index >= 15 is 0 Å². The Labute approximate surface area is 124 Å². The molecular weight excluding hydrogens is 264 g/mol. The quantitative estimate of drug-likeness (QED) is 0.915. The number of pyridine rings is 1. The van der Waals surface area contributed by atoms with Gasteiger partial charge in [0.25, 0.3) is 5.56 Å². The van der Waals surface area contributed by atoms with Gasteiger partial charge in [0.1, 0.15) is 5.65 Å². The second kappa shape index (κ2) is 6.37. The molecule has 0 spiro atoms. The molecule has 0 saturated carbocycles. The summed E-state index contributed by atoms with van der Waals surface area (Å²) in [7, 11) is 2.01. The highest BCUT2D eigenvalue weighted by Crippen LogP contribution is 2.17. The van der Waals surface area contributed by atoms with E-state index in [2.05, 4.69) is 15.2 Å². The second-order valence-electron chi connectivity index (χ2n) is 5.79. The highest BCUT2D eigenvalue weighted by Gasteiger charge is 2.19. The van der Waals surface area contributed by atoms with Crippen LogP contribution in [0.5, 0.6) is 0 Å². The van der Waals surface area contributed by atoms with Crippen molar-refractivity contribution in [3.63, 3.8) is 0 Å². The maximum absolute atomic E-state index is 12.1. The zero-order chi connectivity index (χ0) is 14.7. The molecule has 0 aliphatic carbocycles. The zero-order valence-electron chi connectivity index (χ0n) is 12.5. The normalized spacial score (nSPS) is 17.4. The molecule has 1 fully saturated rings. The molecule has 0 unspecified atom stereocenters. The molecule has 0 bridgehead atoms. The molecule has 1 saturated heterocycles.